The number of nitrogens with zero attached hydrogens (tertiary/aromatic N) is 5. The summed E-state index contributed by atoms with van der Waals surface area (Å²) in [6.45, 7) is 0. The lowest BCUT2D eigenvalue weighted by molar-refractivity contribution is -0.184. The zero-order chi connectivity index (χ0) is 23.7. The fourth-order valence-corrected chi connectivity index (χ4v) is 7.84. The third-order valence-corrected chi connectivity index (χ3v) is 10.4. The molecular weight excluding hydrogens is 508 g/mol. The fraction of sp³-hybridized carbons (Fsp3) is 1.00. The van der Waals surface area contributed by atoms with E-state index in [4.69, 9.17) is 0 Å². The Morgan fingerprint density at radius 3 is 1.34 bits per heavy atom. The van der Waals surface area contributed by atoms with Gasteiger partial charge in [-0.1, -0.05) is 11.3 Å². The average molecular weight is 523 g/mol. The molecular formula is C7H15F6N5O7S4. The molecule has 29 heavy (non-hydrogen) atoms. The molecule has 0 heterocycles. The highest BCUT2D eigenvalue weighted by molar-refractivity contribution is 8.08. The Hall–Kier alpha value is -0.780. The van der Waals surface area contributed by atoms with Gasteiger partial charge in [-0.2, -0.15) is 34.8 Å². The van der Waals surface area contributed by atoms with Crippen molar-refractivity contribution in [2.75, 3.05) is 35.3 Å². The summed E-state index contributed by atoms with van der Waals surface area (Å²) in [7, 11) is -19.6. The van der Waals surface area contributed by atoms with Crippen molar-refractivity contribution in [2.24, 2.45) is 11.3 Å². The summed E-state index contributed by atoms with van der Waals surface area (Å²) in [5, 5.41) is 0. The summed E-state index contributed by atoms with van der Waals surface area (Å²) in [5.41, 5.74) is -11.9. The molecule has 0 aromatic rings. The predicted molar refractivity (Wildman–Crippen MR) is 88.2 cm³/mol. The molecule has 3 atom stereocenters. The normalized spacial score (nSPS) is 19.9. The summed E-state index contributed by atoms with van der Waals surface area (Å²) in [5.74, 6) is 0. The highest BCUT2D eigenvalue weighted by Crippen LogP contribution is 2.30. The first-order valence-electron chi connectivity index (χ1n) is 6.37. The van der Waals surface area contributed by atoms with Crippen molar-refractivity contribution in [2.45, 2.75) is 11.0 Å². The zero-order valence-corrected chi connectivity index (χ0v) is 18.3. The molecule has 0 spiro atoms. The smallest absolute Gasteiger partial charge is 0.224 e. The molecule has 0 aromatic carbocycles. The number of halogens is 6. The van der Waals surface area contributed by atoms with Gasteiger partial charge in [-0.25, -0.2) is 26.1 Å². The minimum Gasteiger partial charge on any atom is -0.224 e. The largest absolute Gasteiger partial charge is 0.519 e. The lowest BCUT2D eigenvalue weighted by Crippen LogP contribution is -2.32. The highest BCUT2D eigenvalue weighted by atomic mass is 32.3. The van der Waals surface area contributed by atoms with E-state index in [0.29, 0.717) is 35.3 Å². The van der Waals surface area contributed by atoms with Crippen LogP contribution in [0.3, 0.4) is 0 Å². The Morgan fingerprint density at radius 1 is 0.690 bits per heavy atom. The van der Waals surface area contributed by atoms with Crippen LogP contribution in [0.15, 0.2) is 11.3 Å². The van der Waals surface area contributed by atoms with Crippen LogP contribution in [0.25, 0.3) is 0 Å². The number of alkyl halides is 6. The van der Waals surface area contributed by atoms with E-state index in [9.17, 15) is 47.4 Å². The van der Waals surface area contributed by atoms with E-state index in [1.807, 2.05) is 3.77 Å². The Labute approximate surface area is 163 Å². The van der Waals surface area contributed by atoms with Gasteiger partial charge in [0, 0.05) is 28.2 Å². The van der Waals surface area contributed by atoms with Crippen molar-refractivity contribution in [3.63, 3.8) is 0 Å². The second-order valence-corrected chi connectivity index (χ2v) is 12.9. The van der Waals surface area contributed by atoms with Crippen molar-refractivity contribution in [3.8, 4) is 0 Å². The average Bonchev–Trinajstić information content (AvgIpc) is 2.43. The van der Waals surface area contributed by atoms with Crippen molar-refractivity contribution in [1.29, 1.82) is 0 Å². The van der Waals surface area contributed by atoms with E-state index in [2.05, 4.69) is 16.8 Å². The van der Waals surface area contributed by atoms with Gasteiger partial charge in [-0.05, 0) is 0 Å². The maximum atomic E-state index is 13.0. The molecule has 0 aromatic heterocycles. The molecule has 12 nitrogen and oxygen atoms in total. The van der Waals surface area contributed by atoms with Crippen LogP contribution in [0.1, 0.15) is 0 Å². The highest BCUT2D eigenvalue weighted by Gasteiger charge is 2.49. The van der Waals surface area contributed by atoms with Gasteiger partial charge in [-0.3, -0.25) is 0 Å². The maximum absolute atomic E-state index is 13.0. The molecule has 0 saturated carbocycles. The maximum Gasteiger partial charge on any atom is 0.519 e. The van der Waals surface area contributed by atoms with E-state index in [-0.39, 0.29) is 8.61 Å². The van der Waals surface area contributed by atoms with Gasteiger partial charge in [0.1, 0.15) is 0 Å². The quantitative estimate of drug-likeness (QED) is 0.275. The van der Waals surface area contributed by atoms with Crippen molar-refractivity contribution < 1.29 is 56.6 Å². The van der Waals surface area contributed by atoms with Gasteiger partial charge in [0.25, 0.3) is 0 Å². The summed E-state index contributed by atoms with van der Waals surface area (Å²) in [4.78, 5) is 3.64. The van der Waals surface area contributed by atoms with Gasteiger partial charge in [0.15, 0.2) is 0 Å². The monoisotopic (exact) mass is 523 g/mol. The van der Waals surface area contributed by atoms with E-state index < -0.39 is 51.3 Å². The van der Waals surface area contributed by atoms with Crippen LogP contribution in [0.2, 0.25) is 0 Å². The van der Waals surface area contributed by atoms with Gasteiger partial charge < -0.3 is 0 Å². The van der Waals surface area contributed by atoms with Crippen LogP contribution < -0.4 is 0 Å². The second-order valence-electron chi connectivity index (χ2n) is 4.86. The summed E-state index contributed by atoms with van der Waals surface area (Å²) < 4.78 is 147. The standard InChI is InChI=1S/C7H15F6N5O7S4/c1-17(2)28(22,14-26(19,20)6(8,9)10)16-29(23,18(3)4)15-27(21,25-24-5)7(11,12)13/h1-5H3. The van der Waals surface area contributed by atoms with Gasteiger partial charge >= 0.3 is 31.0 Å². The molecule has 0 aliphatic heterocycles. The minimum absolute atomic E-state index is 0.127. The predicted octanol–water partition coefficient (Wildman–Crippen LogP) is 1.04. The topological polar surface area (TPSA) is 147 Å². The second kappa shape index (κ2) is 8.76. The first kappa shape index (κ1) is 28.2. The first-order chi connectivity index (χ1) is 12.6. The lowest BCUT2D eigenvalue weighted by atomic mass is 11.3. The molecule has 0 amide bonds. The molecule has 0 rings (SSSR count). The van der Waals surface area contributed by atoms with E-state index >= 15 is 0 Å². The third kappa shape index (κ3) is 6.60. The lowest BCUT2D eigenvalue weighted by Gasteiger charge is -2.19. The van der Waals surface area contributed by atoms with Crippen LogP contribution >= 0.6 is 0 Å². The SMILES string of the molecule is COOS(=O)(=NS(=O)(=NS(=O)(=NS(=O)(=O)C(F)(F)F)N(C)C)N(C)C)C(F)(F)F. The molecule has 3 unspecified atom stereocenters. The first-order valence-corrected chi connectivity index (χ1v) is 12.1. The number of hydrogen-bond acceptors (Lipinski definition) is 7. The Bertz CT molecular complexity index is 1070. The molecule has 0 aliphatic rings. The van der Waals surface area contributed by atoms with Crippen molar-refractivity contribution in [3.05, 3.63) is 0 Å². The molecule has 0 aliphatic carbocycles. The Kier molecular flexibility index (Phi) is 8.52. The number of rotatable bonds is 7. The fourth-order valence-electron chi connectivity index (χ4n) is 0.904. The van der Waals surface area contributed by atoms with Crippen LogP contribution in [-0.2, 0) is 49.5 Å². The Morgan fingerprint density at radius 2 is 1.07 bits per heavy atom. The van der Waals surface area contributed by atoms with E-state index in [1.165, 1.54) is 0 Å². The van der Waals surface area contributed by atoms with Crippen LogP contribution in [0.4, 0.5) is 26.3 Å². The molecule has 176 valence electrons. The summed E-state index contributed by atoms with van der Waals surface area (Å²) >= 11 is 0. The minimum atomic E-state index is -6.50. The Balaban J connectivity index is 7.49. The van der Waals surface area contributed by atoms with E-state index in [1.54, 1.807) is 0 Å². The summed E-state index contributed by atoms with van der Waals surface area (Å²) in [6, 6.07) is 0. The van der Waals surface area contributed by atoms with Crippen LogP contribution in [0.5, 0.6) is 0 Å². The molecule has 22 heteroatoms. The third-order valence-electron chi connectivity index (χ3n) is 2.28. The van der Waals surface area contributed by atoms with Crippen LogP contribution in [-0.4, -0.2) is 76.0 Å². The molecule has 0 N–H and O–H groups in total. The zero-order valence-electron chi connectivity index (χ0n) is 15.0. The van der Waals surface area contributed by atoms with Gasteiger partial charge in [-0.15, -0.1) is 4.33 Å². The summed E-state index contributed by atoms with van der Waals surface area (Å²) in [6.07, 6.45) is 0. The van der Waals surface area contributed by atoms with Gasteiger partial charge in [0.05, 0.1) is 7.11 Å². The van der Waals surface area contributed by atoms with Crippen molar-refractivity contribution in [1.82, 2.24) is 8.61 Å². The number of hydrogen-bond donors (Lipinski definition) is 0. The molecule has 0 saturated heterocycles. The number of sulfonamides is 1. The van der Waals surface area contributed by atoms with Gasteiger partial charge in [0.2, 0.25) is 20.2 Å². The molecule has 0 fully saturated rings. The van der Waals surface area contributed by atoms with Crippen LogP contribution in [0, 0.1) is 0 Å². The van der Waals surface area contributed by atoms with Crippen molar-refractivity contribution >= 4 is 40.2 Å². The molecule has 0 bridgehead atoms. The molecule has 0 radical (unpaired) electrons. The van der Waals surface area contributed by atoms with E-state index in [0.717, 1.165) is 0 Å².